The van der Waals surface area contributed by atoms with Crippen molar-refractivity contribution >= 4 is 17.8 Å². The smallest absolute Gasteiger partial charge is 0.329 e. The van der Waals surface area contributed by atoms with Crippen molar-refractivity contribution < 1.29 is 19.2 Å². The van der Waals surface area contributed by atoms with Gasteiger partial charge < -0.3 is 4.84 Å². The van der Waals surface area contributed by atoms with Gasteiger partial charge in [-0.2, -0.15) is 5.26 Å². The summed E-state index contributed by atoms with van der Waals surface area (Å²) in [6, 6.07) is 15.4. The number of nitriles is 1. The molecule has 0 aromatic heterocycles. The minimum absolute atomic E-state index is 0.0181. The lowest BCUT2D eigenvalue weighted by Gasteiger charge is -2.12. The lowest BCUT2D eigenvalue weighted by atomic mass is 10.1. The molecule has 1 heterocycles. The van der Waals surface area contributed by atoms with Gasteiger partial charge in [0.15, 0.2) is 0 Å². The Morgan fingerprint density at radius 1 is 1.04 bits per heavy atom. The fraction of sp³-hybridized carbons (Fsp3) is 0.158. The third kappa shape index (κ3) is 2.46. The minimum atomic E-state index is -0.621. The highest BCUT2D eigenvalue weighted by molar-refractivity contribution is 6.20. The van der Waals surface area contributed by atoms with Crippen LogP contribution in [-0.4, -0.2) is 22.8 Å². The summed E-state index contributed by atoms with van der Waals surface area (Å²) in [7, 11) is 0. The van der Waals surface area contributed by atoms with Gasteiger partial charge >= 0.3 is 5.97 Å². The number of benzene rings is 2. The van der Waals surface area contributed by atoms with Crippen LogP contribution < -0.4 is 0 Å². The Hall–Kier alpha value is -3.46. The van der Waals surface area contributed by atoms with Crippen molar-refractivity contribution in [3.8, 4) is 6.07 Å². The first kappa shape index (κ1) is 15.1. The fourth-order valence-electron chi connectivity index (χ4n) is 3.04. The van der Waals surface area contributed by atoms with Crippen LogP contribution in [0.4, 0.5) is 0 Å². The van der Waals surface area contributed by atoms with Crippen LogP contribution in [0.25, 0.3) is 0 Å². The molecule has 2 atom stereocenters. The van der Waals surface area contributed by atoms with E-state index in [0.717, 1.165) is 5.56 Å². The molecule has 2 aromatic rings. The second kappa shape index (κ2) is 5.56. The molecule has 25 heavy (non-hydrogen) atoms. The van der Waals surface area contributed by atoms with Crippen molar-refractivity contribution in [1.29, 1.82) is 5.26 Å². The maximum atomic E-state index is 12.3. The maximum absolute atomic E-state index is 12.3. The highest BCUT2D eigenvalue weighted by Crippen LogP contribution is 2.48. The van der Waals surface area contributed by atoms with Gasteiger partial charge in [-0.1, -0.05) is 29.3 Å². The summed E-state index contributed by atoms with van der Waals surface area (Å²) in [6.07, 6.45) is 0.591. The van der Waals surface area contributed by atoms with Gasteiger partial charge in [-0.3, -0.25) is 9.59 Å². The SMILES string of the molecule is N#Cc1ccc([C@H]2C[C@@H]2C(=O)ON2C(=O)c3ccccc3C2=O)cc1. The molecule has 1 aliphatic heterocycles. The van der Waals surface area contributed by atoms with Gasteiger partial charge in [-0.05, 0) is 42.2 Å². The van der Waals surface area contributed by atoms with E-state index >= 15 is 0 Å². The fourth-order valence-corrected chi connectivity index (χ4v) is 3.04. The molecule has 6 nitrogen and oxygen atoms in total. The van der Waals surface area contributed by atoms with Crippen molar-refractivity contribution in [3.63, 3.8) is 0 Å². The number of hydroxylamine groups is 2. The van der Waals surface area contributed by atoms with Crippen LogP contribution in [0.1, 0.15) is 44.2 Å². The lowest BCUT2D eigenvalue weighted by molar-refractivity contribution is -0.170. The van der Waals surface area contributed by atoms with Gasteiger partial charge in [0.1, 0.15) is 0 Å². The Balaban J connectivity index is 1.45. The van der Waals surface area contributed by atoms with E-state index in [1.165, 1.54) is 12.1 Å². The summed E-state index contributed by atoms with van der Waals surface area (Å²) in [5.41, 5.74) is 1.96. The molecule has 4 rings (SSSR count). The maximum Gasteiger partial charge on any atom is 0.336 e. The topological polar surface area (TPSA) is 87.5 Å². The van der Waals surface area contributed by atoms with E-state index in [1.54, 1.807) is 36.4 Å². The predicted molar refractivity (Wildman–Crippen MR) is 85.0 cm³/mol. The van der Waals surface area contributed by atoms with E-state index in [-0.39, 0.29) is 17.0 Å². The van der Waals surface area contributed by atoms with Gasteiger partial charge in [0.05, 0.1) is 28.7 Å². The van der Waals surface area contributed by atoms with Gasteiger partial charge in [0, 0.05) is 0 Å². The highest BCUT2D eigenvalue weighted by atomic mass is 16.7. The zero-order valence-corrected chi connectivity index (χ0v) is 13.0. The van der Waals surface area contributed by atoms with Crippen molar-refractivity contribution in [2.75, 3.05) is 0 Å². The van der Waals surface area contributed by atoms with Crippen molar-refractivity contribution in [1.82, 2.24) is 5.06 Å². The minimum Gasteiger partial charge on any atom is -0.329 e. The largest absolute Gasteiger partial charge is 0.336 e. The number of amides is 2. The summed E-state index contributed by atoms with van der Waals surface area (Å²) in [4.78, 5) is 41.8. The number of hydrogen-bond acceptors (Lipinski definition) is 5. The first-order valence-electron chi connectivity index (χ1n) is 7.80. The predicted octanol–water partition coefficient (Wildman–Crippen LogP) is 2.42. The molecule has 1 aliphatic carbocycles. The third-order valence-corrected chi connectivity index (χ3v) is 4.50. The molecule has 0 N–H and O–H groups in total. The lowest BCUT2D eigenvalue weighted by Crippen LogP contribution is -2.33. The number of carbonyl (C=O) groups is 3. The first-order chi connectivity index (χ1) is 12.1. The Morgan fingerprint density at radius 2 is 1.64 bits per heavy atom. The third-order valence-electron chi connectivity index (χ3n) is 4.50. The number of imide groups is 1. The molecule has 0 bridgehead atoms. The van der Waals surface area contributed by atoms with Crippen LogP contribution >= 0.6 is 0 Å². The summed E-state index contributed by atoms with van der Waals surface area (Å²) >= 11 is 0. The normalized spacial score (nSPS) is 20.8. The summed E-state index contributed by atoms with van der Waals surface area (Å²) in [5, 5.41) is 9.36. The average molecular weight is 332 g/mol. The number of carbonyl (C=O) groups excluding carboxylic acids is 3. The van der Waals surface area contributed by atoms with Gasteiger partial charge in [0.25, 0.3) is 11.8 Å². The molecule has 1 fully saturated rings. The molecular weight excluding hydrogens is 320 g/mol. The van der Waals surface area contributed by atoms with E-state index in [4.69, 9.17) is 10.1 Å². The van der Waals surface area contributed by atoms with Crippen molar-refractivity contribution in [3.05, 3.63) is 70.8 Å². The molecule has 122 valence electrons. The second-order valence-electron chi connectivity index (χ2n) is 6.04. The van der Waals surface area contributed by atoms with Crippen LogP contribution in [0.15, 0.2) is 48.5 Å². The Bertz CT molecular complexity index is 908. The summed E-state index contributed by atoms with van der Waals surface area (Å²) in [6.45, 7) is 0. The van der Waals surface area contributed by atoms with Crippen LogP contribution in [0, 0.1) is 17.2 Å². The number of rotatable bonds is 3. The zero-order valence-electron chi connectivity index (χ0n) is 13.0. The summed E-state index contributed by atoms with van der Waals surface area (Å²) in [5.74, 6) is -2.24. The van der Waals surface area contributed by atoms with Crippen LogP contribution in [0.2, 0.25) is 0 Å². The standard InChI is InChI=1S/C19H12N2O4/c20-10-11-5-7-12(8-6-11)15-9-16(15)19(24)25-21-17(22)13-3-1-2-4-14(13)18(21)23/h1-8,15-16H,9H2/t15-,16+/m1/s1. The molecule has 1 saturated carbocycles. The van der Waals surface area contributed by atoms with E-state index in [2.05, 4.69) is 0 Å². The Labute approximate surface area is 143 Å². The molecule has 0 radical (unpaired) electrons. The second-order valence-corrected chi connectivity index (χ2v) is 6.04. The average Bonchev–Trinajstić information content (AvgIpc) is 3.42. The van der Waals surface area contributed by atoms with Crippen LogP contribution in [0.5, 0.6) is 0 Å². The van der Waals surface area contributed by atoms with Crippen molar-refractivity contribution in [2.45, 2.75) is 12.3 Å². The molecule has 2 aromatic carbocycles. The van der Waals surface area contributed by atoms with E-state index in [1.807, 2.05) is 6.07 Å². The molecular formula is C19H12N2O4. The van der Waals surface area contributed by atoms with Gasteiger partial charge in [0.2, 0.25) is 0 Å². The molecule has 2 aliphatic rings. The van der Waals surface area contributed by atoms with Crippen molar-refractivity contribution in [2.24, 2.45) is 5.92 Å². The van der Waals surface area contributed by atoms with E-state index < -0.39 is 23.7 Å². The number of nitrogens with zero attached hydrogens (tertiary/aromatic N) is 2. The van der Waals surface area contributed by atoms with Crippen LogP contribution in [0.3, 0.4) is 0 Å². The molecule has 6 heteroatoms. The highest BCUT2D eigenvalue weighted by Gasteiger charge is 2.48. The van der Waals surface area contributed by atoms with E-state index in [9.17, 15) is 14.4 Å². The monoisotopic (exact) mass is 332 g/mol. The van der Waals surface area contributed by atoms with E-state index in [0.29, 0.717) is 17.0 Å². The van der Waals surface area contributed by atoms with Gasteiger partial charge in [-0.25, -0.2) is 4.79 Å². The van der Waals surface area contributed by atoms with Gasteiger partial charge in [-0.15, -0.1) is 0 Å². The molecule has 0 spiro atoms. The summed E-state index contributed by atoms with van der Waals surface area (Å²) < 4.78 is 0. The quantitative estimate of drug-likeness (QED) is 0.806. The van der Waals surface area contributed by atoms with Crippen LogP contribution in [-0.2, 0) is 9.63 Å². The Morgan fingerprint density at radius 3 is 2.20 bits per heavy atom. The first-order valence-corrected chi connectivity index (χ1v) is 7.80. The molecule has 2 amide bonds. The zero-order chi connectivity index (χ0) is 17.6. The number of hydrogen-bond donors (Lipinski definition) is 0. The Kier molecular flexibility index (Phi) is 3.36. The molecule has 0 unspecified atom stereocenters. The molecule has 0 saturated heterocycles. The number of fused-ring (bicyclic) bond motifs is 1.